The summed E-state index contributed by atoms with van der Waals surface area (Å²) in [6, 6.07) is 2.69. The molecule has 1 aliphatic heterocycles. The summed E-state index contributed by atoms with van der Waals surface area (Å²) in [5, 5.41) is 3.39. The van der Waals surface area contributed by atoms with Crippen molar-refractivity contribution in [1.82, 2.24) is 10.2 Å². The lowest BCUT2D eigenvalue weighted by molar-refractivity contribution is 0.288. The van der Waals surface area contributed by atoms with Gasteiger partial charge in [-0.25, -0.2) is 0 Å². The van der Waals surface area contributed by atoms with E-state index < -0.39 is 0 Å². The highest BCUT2D eigenvalue weighted by atomic mass is 16.3. The molecule has 3 nitrogen and oxygen atoms in total. The van der Waals surface area contributed by atoms with Gasteiger partial charge in [-0.15, -0.1) is 0 Å². The van der Waals surface area contributed by atoms with Crippen molar-refractivity contribution in [3.8, 4) is 0 Å². The molecule has 0 bridgehead atoms. The highest BCUT2D eigenvalue weighted by Gasteiger charge is 2.12. The predicted octanol–water partition coefficient (Wildman–Crippen LogP) is 2.85. The van der Waals surface area contributed by atoms with Crippen molar-refractivity contribution in [1.29, 1.82) is 0 Å². The third-order valence-corrected chi connectivity index (χ3v) is 3.29. The van der Waals surface area contributed by atoms with E-state index in [-0.39, 0.29) is 0 Å². The second-order valence-corrected chi connectivity index (χ2v) is 5.32. The fourth-order valence-corrected chi connectivity index (χ4v) is 2.21. The zero-order chi connectivity index (χ0) is 13.0. The Hall–Kier alpha value is -1.06. The first-order chi connectivity index (χ1) is 8.65. The number of furan rings is 1. The molecule has 0 radical (unpaired) electrons. The average molecular weight is 248 g/mol. The topological polar surface area (TPSA) is 28.4 Å². The number of aryl methyl sites for hydroxylation is 1. The maximum Gasteiger partial charge on any atom is 0.118 e. The molecule has 1 aliphatic rings. The van der Waals surface area contributed by atoms with Crippen LogP contribution in [0.2, 0.25) is 0 Å². The second-order valence-electron chi connectivity index (χ2n) is 5.32. The van der Waals surface area contributed by atoms with Gasteiger partial charge in [0.15, 0.2) is 0 Å². The normalized spacial score (nSPS) is 16.7. The molecule has 18 heavy (non-hydrogen) atoms. The van der Waals surface area contributed by atoms with Gasteiger partial charge in [0.2, 0.25) is 0 Å². The Morgan fingerprint density at radius 2 is 2.22 bits per heavy atom. The molecular weight excluding hydrogens is 224 g/mol. The monoisotopic (exact) mass is 248 g/mol. The molecule has 1 aromatic rings. The first-order valence-corrected chi connectivity index (χ1v) is 6.84. The molecule has 3 heteroatoms. The Balaban J connectivity index is 1.93. The van der Waals surface area contributed by atoms with Gasteiger partial charge >= 0.3 is 0 Å². The molecule has 0 aliphatic carbocycles. The molecule has 1 aromatic heterocycles. The van der Waals surface area contributed by atoms with E-state index in [1.807, 2.05) is 0 Å². The Morgan fingerprint density at radius 3 is 2.89 bits per heavy atom. The van der Waals surface area contributed by atoms with Crippen molar-refractivity contribution in [3.05, 3.63) is 35.3 Å². The van der Waals surface area contributed by atoms with E-state index in [2.05, 4.69) is 49.2 Å². The highest BCUT2D eigenvalue weighted by molar-refractivity contribution is 5.21. The first-order valence-electron chi connectivity index (χ1n) is 6.84. The van der Waals surface area contributed by atoms with Crippen molar-refractivity contribution >= 4 is 0 Å². The van der Waals surface area contributed by atoms with Gasteiger partial charge < -0.3 is 9.73 Å². The molecule has 1 N–H and O–H groups in total. The van der Waals surface area contributed by atoms with Crippen LogP contribution < -0.4 is 5.32 Å². The van der Waals surface area contributed by atoms with E-state index in [1.165, 1.54) is 12.0 Å². The largest absolute Gasteiger partial charge is 0.465 e. The van der Waals surface area contributed by atoms with E-state index in [0.717, 1.165) is 37.7 Å². The summed E-state index contributed by atoms with van der Waals surface area (Å²) in [5.41, 5.74) is 1.32. The maximum atomic E-state index is 5.80. The fraction of sp³-hybridized carbons (Fsp3) is 0.600. The third-order valence-electron chi connectivity index (χ3n) is 3.29. The van der Waals surface area contributed by atoms with Crippen LogP contribution in [0.25, 0.3) is 0 Å². The molecule has 0 fully saturated rings. The van der Waals surface area contributed by atoms with Gasteiger partial charge in [0, 0.05) is 31.2 Å². The lowest BCUT2D eigenvalue weighted by atomic mass is 10.2. The van der Waals surface area contributed by atoms with Crippen LogP contribution in [0.1, 0.15) is 37.4 Å². The minimum atomic E-state index is 0.492. The number of hydrogen-bond donors (Lipinski definition) is 1. The van der Waals surface area contributed by atoms with E-state index in [0.29, 0.717) is 6.04 Å². The van der Waals surface area contributed by atoms with Crippen LogP contribution in [0.4, 0.5) is 0 Å². The van der Waals surface area contributed by atoms with Crippen LogP contribution >= 0.6 is 0 Å². The highest BCUT2D eigenvalue weighted by Crippen LogP contribution is 2.18. The molecule has 0 unspecified atom stereocenters. The molecule has 0 saturated carbocycles. The Bertz CT molecular complexity index is 407. The van der Waals surface area contributed by atoms with Crippen LogP contribution in [0, 0.1) is 6.92 Å². The summed E-state index contributed by atoms with van der Waals surface area (Å²) in [7, 11) is 0. The average Bonchev–Trinajstić information content (AvgIpc) is 2.69. The Morgan fingerprint density at radius 1 is 1.39 bits per heavy atom. The van der Waals surface area contributed by atoms with Gasteiger partial charge in [0.05, 0.1) is 6.54 Å². The van der Waals surface area contributed by atoms with Crippen molar-refractivity contribution in [2.24, 2.45) is 0 Å². The summed E-state index contributed by atoms with van der Waals surface area (Å²) in [4.78, 5) is 2.46. The van der Waals surface area contributed by atoms with Crippen molar-refractivity contribution in [2.75, 3.05) is 13.1 Å². The second kappa shape index (κ2) is 6.21. The molecule has 0 aromatic carbocycles. The van der Waals surface area contributed by atoms with Gasteiger partial charge in [-0.05, 0) is 19.4 Å². The first kappa shape index (κ1) is 13.4. The lowest BCUT2D eigenvalue weighted by Crippen LogP contribution is -2.26. The molecule has 0 amide bonds. The molecule has 2 heterocycles. The Kier molecular flexibility index (Phi) is 4.61. The van der Waals surface area contributed by atoms with Gasteiger partial charge in [0.1, 0.15) is 11.5 Å². The van der Waals surface area contributed by atoms with E-state index >= 15 is 0 Å². The summed E-state index contributed by atoms with van der Waals surface area (Å²) in [6.45, 7) is 10.4. The van der Waals surface area contributed by atoms with E-state index in [9.17, 15) is 0 Å². The Labute approximate surface area is 110 Å². The smallest absolute Gasteiger partial charge is 0.118 e. The number of nitrogens with one attached hydrogen (secondary N) is 1. The SMILES string of the molecule is Cc1oc(CNC(C)C)cc1CN1CC=CCC1. The summed E-state index contributed by atoms with van der Waals surface area (Å²) in [6.07, 6.45) is 5.68. The zero-order valence-corrected chi connectivity index (χ0v) is 11.7. The third kappa shape index (κ3) is 3.72. The molecule has 100 valence electrons. The zero-order valence-electron chi connectivity index (χ0n) is 11.7. The van der Waals surface area contributed by atoms with Crippen molar-refractivity contribution in [2.45, 2.75) is 46.3 Å². The standard InChI is InChI=1S/C15H24N2O/c1-12(2)16-10-15-9-14(13(3)18-15)11-17-7-5-4-6-8-17/h4-5,9,12,16H,6-8,10-11H2,1-3H3. The minimum Gasteiger partial charge on any atom is -0.465 e. The van der Waals surface area contributed by atoms with Crippen molar-refractivity contribution < 1.29 is 4.42 Å². The van der Waals surface area contributed by atoms with E-state index in [1.54, 1.807) is 0 Å². The fourth-order valence-electron chi connectivity index (χ4n) is 2.21. The molecular formula is C15H24N2O. The summed E-state index contributed by atoms with van der Waals surface area (Å²) < 4.78 is 5.80. The lowest BCUT2D eigenvalue weighted by Gasteiger charge is -2.22. The predicted molar refractivity (Wildman–Crippen MR) is 74.5 cm³/mol. The van der Waals surface area contributed by atoms with Crippen molar-refractivity contribution in [3.63, 3.8) is 0 Å². The minimum absolute atomic E-state index is 0.492. The number of rotatable bonds is 5. The van der Waals surface area contributed by atoms with Gasteiger partial charge in [-0.1, -0.05) is 26.0 Å². The van der Waals surface area contributed by atoms with Crippen LogP contribution in [0.15, 0.2) is 22.6 Å². The van der Waals surface area contributed by atoms with Crippen LogP contribution in [0.5, 0.6) is 0 Å². The summed E-state index contributed by atoms with van der Waals surface area (Å²) in [5.74, 6) is 2.11. The van der Waals surface area contributed by atoms with Crippen LogP contribution in [0.3, 0.4) is 0 Å². The molecule has 0 saturated heterocycles. The van der Waals surface area contributed by atoms with E-state index in [4.69, 9.17) is 4.42 Å². The molecule has 0 atom stereocenters. The summed E-state index contributed by atoms with van der Waals surface area (Å²) >= 11 is 0. The van der Waals surface area contributed by atoms with Crippen LogP contribution in [-0.4, -0.2) is 24.0 Å². The quantitative estimate of drug-likeness (QED) is 0.812. The van der Waals surface area contributed by atoms with Gasteiger partial charge in [0.25, 0.3) is 0 Å². The number of nitrogens with zero attached hydrogens (tertiary/aromatic N) is 1. The van der Waals surface area contributed by atoms with Gasteiger partial charge in [-0.2, -0.15) is 0 Å². The van der Waals surface area contributed by atoms with Gasteiger partial charge in [-0.3, -0.25) is 4.90 Å². The molecule has 0 spiro atoms. The number of hydrogen-bond acceptors (Lipinski definition) is 3. The maximum absolute atomic E-state index is 5.80. The van der Waals surface area contributed by atoms with Crippen LogP contribution in [-0.2, 0) is 13.1 Å². The molecule has 2 rings (SSSR count).